The lowest BCUT2D eigenvalue weighted by Gasteiger charge is -1.98. The molecule has 1 heteroatoms. The molecule has 0 aromatic carbocycles. The van der Waals surface area contributed by atoms with Crippen LogP contribution >= 0.6 is 12.6 Å². The molecule has 0 heterocycles. The molecule has 0 aliphatic heterocycles. The second kappa shape index (κ2) is 17.1. The Morgan fingerprint density at radius 3 is 1.56 bits per heavy atom. The molecule has 0 bridgehead atoms. The first kappa shape index (κ1) is 18.1. The molecule has 0 atom stereocenters. The highest BCUT2D eigenvalue weighted by molar-refractivity contribution is 7.80. The maximum Gasteiger partial charge on any atom is -0.00979 e. The van der Waals surface area contributed by atoms with Gasteiger partial charge in [-0.3, -0.25) is 0 Å². The van der Waals surface area contributed by atoms with Crippen molar-refractivity contribution in [3.63, 3.8) is 0 Å². The van der Waals surface area contributed by atoms with Gasteiger partial charge in [0.15, 0.2) is 0 Å². The average molecular weight is 271 g/mol. The Balaban J connectivity index is 3.00. The fourth-order valence-electron chi connectivity index (χ4n) is 2.18. The van der Waals surface area contributed by atoms with E-state index >= 15 is 0 Å². The van der Waals surface area contributed by atoms with Crippen molar-refractivity contribution in [1.29, 1.82) is 0 Å². The number of hydrogen-bond acceptors (Lipinski definition) is 1. The monoisotopic (exact) mass is 270 g/mol. The molecule has 0 N–H and O–H groups in total. The Bertz CT molecular complexity index is 145. The van der Waals surface area contributed by atoms with Crippen LogP contribution in [0.4, 0.5) is 0 Å². The van der Waals surface area contributed by atoms with Gasteiger partial charge in [-0.15, -0.1) is 0 Å². The van der Waals surface area contributed by atoms with Gasteiger partial charge in [-0.25, -0.2) is 0 Å². The van der Waals surface area contributed by atoms with Crippen LogP contribution in [0.2, 0.25) is 0 Å². The van der Waals surface area contributed by atoms with Gasteiger partial charge < -0.3 is 0 Å². The zero-order chi connectivity index (χ0) is 13.3. The third-order valence-electron chi connectivity index (χ3n) is 3.42. The summed E-state index contributed by atoms with van der Waals surface area (Å²) in [5.41, 5.74) is 0. The fourth-order valence-corrected chi connectivity index (χ4v) is 2.41. The summed E-state index contributed by atoms with van der Waals surface area (Å²) in [5.74, 6) is 1.05. The van der Waals surface area contributed by atoms with Crippen LogP contribution < -0.4 is 0 Å². The molecule has 0 amide bonds. The van der Waals surface area contributed by atoms with Gasteiger partial charge in [-0.05, 0) is 37.9 Å². The quantitative estimate of drug-likeness (QED) is 0.206. The summed E-state index contributed by atoms with van der Waals surface area (Å²) in [5, 5.41) is 0. The first-order valence-corrected chi connectivity index (χ1v) is 8.81. The summed E-state index contributed by atoms with van der Waals surface area (Å²) in [6.45, 7) is 2.28. The Morgan fingerprint density at radius 2 is 1.06 bits per heavy atom. The molecule has 0 unspecified atom stereocenters. The molecule has 0 spiro atoms. The maximum absolute atomic E-state index is 4.23. The molecule has 0 aliphatic carbocycles. The highest BCUT2D eigenvalue weighted by Crippen LogP contribution is 2.09. The Labute approximate surface area is 121 Å². The molecule has 108 valence electrons. The molecule has 0 aliphatic rings. The molecule has 0 aromatic rings. The summed E-state index contributed by atoms with van der Waals surface area (Å²) in [6.07, 6.45) is 22.7. The molecule has 0 rings (SSSR count). The van der Waals surface area contributed by atoms with Crippen molar-refractivity contribution < 1.29 is 0 Å². The molecular weight excluding hydrogens is 236 g/mol. The SMILES string of the molecule is CCCCCCCC/C=C\CCCCCCCS. The van der Waals surface area contributed by atoms with Gasteiger partial charge in [0.1, 0.15) is 0 Å². The Hall–Kier alpha value is 0.0900. The topological polar surface area (TPSA) is 0 Å². The number of allylic oxidation sites excluding steroid dienone is 2. The lowest BCUT2D eigenvalue weighted by molar-refractivity contribution is 0.610. The average Bonchev–Trinajstić information content (AvgIpc) is 2.39. The van der Waals surface area contributed by atoms with Gasteiger partial charge in [-0.1, -0.05) is 70.4 Å². The van der Waals surface area contributed by atoms with Crippen LogP contribution in [0.1, 0.15) is 90.4 Å². The highest BCUT2D eigenvalue weighted by Gasteiger charge is 1.89. The van der Waals surface area contributed by atoms with E-state index < -0.39 is 0 Å². The van der Waals surface area contributed by atoms with Crippen molar-refractivity contribution in [2.75, 3.05) is 5.75 Å². The molecule has 0 radical (unpaired) electrons. The zero-order valence-corrected chi connectivity index (χ0v) is 13.4. The predicted molar refractivity (Wildman–Crippen MR) is 88.7 cm³/mol. The minimum absolute atomic E-state index is 1.05. The zero-order valence-electron chi connectivity index (χ0n) is 12.5. The second-order valence-corrected chi connectivity index (χ2v) is 5.76. The van der Waals surface area contributed by atoms with E-state index in [4.69, 9.17) is 0 Å². The third kappa shape index (κ3) is 16.1. The lowest BCUT2D eigenvalue weighted by atomic mass is 10.1. The summed E-state index contributed by atoms with van der Waals surface area (Å²) >= 11 is 4.23. The van der Waals surface area contributed by atoms with Gasteiger partial charge in [0, 0.05) is 0 Å². The van der Waals surface area contributed by atoms with Crippen LogP contribution in [-0.4, -0.2) is 5.75 Å². The Kier molecular flexibility index (Phi) is 17.2. The van der Waals surface area contributed by atoms with E-state index in [2.05, 4.69) is 31.7 Å². The lowest BCUT2D eigenvalue weighted by Crippen LogP contribution is -1.80. The highest BCUT2D eigenvalue weighted by atomic mass is 32.1. The summed E-state index contributed by atoms with van der Waals surface area (Å²) < 4.78 is 0. The normalized spacial score (nSPS) is 11.4. The van der Waals surface area contributed by atoms with Gasteiger partial charge >= 0.3 is 0 Å². The molecule has 0 saturated carbocycles. The van der Waals surface area contributed by atoms with Crippen LogP contribution in [0.25, 0.3) is 0 Å². The van der Waals surface area contributed by atoms with Crippen molar-refractivity contribution >= 4 is 12.6 Å². The van der Waals surface area contributed by atoms with Gasteiger partial charge in [0.25, 0.3) is 0 Å². The summed E-state index contributed by atoms with van der Waals surface area (Å²) in [6, 6.07) is 0. The van der Waals surface area contributed by atoms with Crippen LogP contribution in [0.5, 0.6) is 0 Å². The van der Waals surface area contributed by atoms with E-state index in [-0.39, 0.29) is 0 Å². The van der Waals surface area contributed by atoms with E-state index in [0.717, 1.165) is 5.75 Å². The number of hydrogen-bond donors (Lipinski definition) is 1. The van der Waals surface area contributed by atoms with E-state index in [9.17, 15) is 0 Å². The molecule has 0 fully saturated rings. The van der Waals surface area contributed by atoms with Crippen molar-refractivity contribution in [2.45, 2.75) is 90.4 Å². The standard InChI is InChI=1S/C17H34S/c1-2-3-4-5-6-7-8-9-10-11-12-13-14-15-16-17-18/h9-10,18H,2-8,11-17H2,1H3/b10-9-. The summed E-state index contributed by atoms with van der Waals surface area (Å²) in [4.78, 5) is 0. The van der Waals surface area contributed by atoms with E-state index in [1.54, 1.807) is 0 Å². The van der Waals surface area contributed by atoms with Crippen molar-refractivity contribution in [3.05, 3.63) is 12.2 Å². The predicted octanol–water partition coefficient (Wildman–Crippen LogP) is 6.56. The number of thiol groups is 1. The molecule has 0 aromatic heterocycles. The third-order valence-corrected chi connectivity index (χ3v) is 3.74. The van der Waals surface area contributed by atoms with Gasteiger partial charge in [-0.2, -0.15) is 12.6 Å². The van der Waals surface area contributed by atoms with E-state index in [1.807, 2.05) is 0 Å². The van der Waals surface area contributed by atoms with E-state index in [1.165, 1.54) is 83.5 Å². The van der Waals surface area contributed by atoms with Gasteiger partial charge in [0.05, 0.1) is 0 Å². The molecule has 0 saturated heterocycles. The molecule has 0 nitrogen and oxygen atoms in total. The van der Waals surface area contributed by atoms with Gasteiger partial charge in [0.2, 0.25) is 0 Å². The van der Waals surface area contributed by atoms with Crippen molar-refractivity contribution in [2.24, 2.45) is 0 Å². The minimum atomic E-state index is 1.05. The van der Waals surface area contributed by atoms with Crippen LogP contribution in [0, 0.1) is 0 Å². The van der Waals surface area contributed by atoms with Crippen LogP contribution in [-0.2, 0) is 0 Å². The smallest absolute Gasteiger partial charge is 0.00979 e. The molecule has 18 heavy (non-hydrogen) atoms. The fraction of sp³-hybridized carbons (Fsp3) is 0.882. The van der Waals surface area contributed by atoms with Crippen LogP contribution in [0.15, 0.2) is 12.2 Å². The minimum Gasteiger partial charge on any atom is -0.179 e. The molecular formula is C17H34S. The van der Waals surface area contributed by atoms with Crippen LogP contribution in [0.3, 0.4) is 0 Å². The number of unbranched alkanes of at least 4 members (excludes halogenated alkanes) is 11. The first-order chi connectivity index (χ1) is 8.91. The van der Waals surface area contributed by atoms with Crippen molar-refractivity contribution in [3.8, 4) is 0 Å². The maximum atomic E-state index is 4.23. The van der Waals surface area contributed by atoms with Crippen molar-refractivity contribution in [1.82, 2.24) is 0 Å². The largest absolute Gasteiger partial charge is 0.179 e. The van der Waals surface area contributed by atoms with E-state index in [0.29, 0.717) is 0 Å². The Morgan fingerprint density at radius 1 is 0.611 bits per heavy atom. The summed E-state index contributed by atoms with van der Waals surface area (Å²) in [7, 11) is 0. The number of rotatable bonds is 14. The first-order valence-electron chi connectivity index (χ1n) is 8.17. The second-order valence-electron chi connectivity index (χ2n) is 5.31.